The number of aromatic nitrogens is 2. The number of rotatable bonds is 6. The smallest absolute Gasteiger partial charge is 0.407 e. The maximum absolute atomic E-state index is 12.0. The van der Waals surface area contributed by atoms with E-state index in [0.717, 1.165) is 37.7 Å². The lowest BCUT2D eigenvalue weighted by atomic mass is 10.0. The first-order chi connectivity index (χ1) is 14.2. The molecule has 1 aromatic heterocycles. The van der Waals surface area contributed by atoms with E-state index in [-0.39, 0.29) is 28.5 Å². The number of hydrogen-bond donors (Lipinski definition) is 2. The van der Waals surface area contributed by atoms with Crippen LogP contribution in [0.15, 0.2) is 41.6 Å². The summed E-state index contributed by atoms with van der Waals surface area (Å²) in [6.45, 7) is 2.03. The van der Waals surface area contributed by atoms with E-state index in [4.69, 9.17) is 4.74 Å². The molecule has 0 aliphatic heterocycles. The van der Waals surface area contributed by atoms with Crippen molar-refractivity contribution in [2.24, 2.45) is 0 Å². The molecule has 0 unspecified atom stereocenters. The molecule has 160 valence electrons. The SMILES string of the molecule is CC1(NC(=O)O[C@H]2CC[C@@H](c3cnc(Nc4ccc(S(C)(=O)=O)cc4)nc3)C2)CC1. The van der Waals surface area contributed by atoms with Crippen molar-refractivity contribution in [2.75, 3.05) is 11.6 Å². The number of amides is 1. The molecule has 30 heavy (non-hydrogen) atoms. The van der Waals surface area contributed by atoms with Gasteiger partial charge in [-0.05, 0) is 74.8 Å². The highest BCUT2D eigenvalue weighted by molar-refractivity contribution is 7.90. The second-order valence-electron chi connectivity index (χ2n) is 8.48. The Hall–Kier alpha value is -2.68. The number of carbonyl (C=O) groups is 1. The largest absolute Gasteiger partial charge is 0.446 e. The summed E-state index contributed by atoms with van der Waals surface area (Å²) in [5.74, 6) is 0.705. The average Bonchev–Trinajstić information content (AvgIpc) is 3.22. The van der Waals surface area contributed by atoms with E-state index in [2.05, 4.69) is 20.6 Å². The number of nitrogens with one attached hydrogen (secondary N) is 2. The van der Waals surface area contributed by atoms with Gasteiger partial charge in [0.15, 0.2) is 9.84 Å². The number of carbonyl (C=O) groups excluding carboxylic acids is 1. The van der Waals surface area contributed by atoms with Crippen LogP contribution in [-0.4, -0.2) is 42.4 Å². The van der Waals surface area contributed by atoms with E-state index in [1.807, 2.05) is 6.92 Å². The molecule has 2 aromatic rings. The number of nitrogens with zero attached hydrogens (tertiary/aromatic N) is 2. The van der Waals surface area contributed by atoms with Gasteiger partial charge in [-0.15, -0.1) is 0 Å². The van der Waals surface area contributed by atoms with Gasteiger partial charge in [-0.3, -0.25) is 0 Å². The van der Waals surface area contributed by atoms with Crippen molar-refractivity contribution in [3.05, 3.63) is 42.2 Å². The van der Waals surface area contributed by atoms with Gasteiger partial charge in [0.25, 0.3) is 0 Å². The number of ether oxygens (including phenoxy) is 1. The van der Waals surface area contributed by atoms with Gasteiger partial charge < -0.3 is 15.4 Å². The summed E-state index contributed by atoms with van der Waals surface area (Å²) < 4.78 is 28.6. The summed E-state index contributed by atoms with van der Waals surface area (Å²) in [5, 5.41) is 5.99. The monoisotopic (exact) mass is 430 g/mol. The molecule has 2 fully saturated rings. The number of benzene rings is 1. The van der Waals surface area contributed by atoms with Crippen LogP contribution in [0.3, 0.4) is 0 Å². The van der Waals surface area contributed by atoms with Crippen molar-refractivity contribution in [3.63, 3.8) is 0 Å². The molecule has 0 saturated heterocycles. The fourth-order valence-corrected chi connectivity index (χ4v) is 4.25. The minimum atomic E-state index is -3.22. The summed E-state index contributed by atoms with van der Waals surface area (Å²) in [7, 11) is -3.22. The summed E-state index contributed by atoms with van der Waals surface area (Å²) in [6.07, 6.45) is 8.91. The molecule has 4 rings (SSSR count). The van der Waals surface area contributed by atoms with Crippen LogP contribution in [0.25, 0.3) is 0 Å². The van der Waals surface area contributed by atoms with Gasteiger partial charge in [0.2, 0.25) is 5.95 Å². The Morgan fingerprint density at radius 2 is 1.80 bits per heavy atom. The van der Waals surface area contributed by atoms with Crippen LogP contribution < -0.4 is 10.6 Å². The third-order valence-electron chi connectivity index (χ3n) is 5.74. The molecular weight excluding hydrogens is 404 g/mol. The van der Waals surface area contributed by atoms with Crippen LogP contribution in [0, 0.1) is 0 Å². The third-order valence-corrected chi connectivity index (χ3v) is 6.87. The van der Waals surface area contributed by atoms with Crippen molar-refractivity contribution >= 4 is 27.6 Å². The van der Waals surface area contributed by atoms with Gasteiger partial charge >= 0.3 is 6.09 Å². The molecule has 2 atom stereocenters. The fraction of sp³-hybridized carbons (Fsp3) is 0.476. The van der Waals surface area contributed by atoms with E-state index >= 15 is 0 Å². The highest BCUT2D eigenvalue weighted by atomic mass is 32.2. The van der Waals surface area contributed by atoms with E-state index in [1.54, 1.807) is 36.7 Å². The number of alkyl carbamates (subject to hydrolysis) is 1. The Morgan fingerprint density at radius 3 is 2.40 bits per heavy atom. The first kappa shape index (κ1) is 20.6. The fourth-order valence-electron chi connectivity index (χ4n) is 3.62. The summed E-state index contributed by atoms with van der Waals surface area (Å²) >= 11 is 0. The Bertz CT molecular complexity index is 1020. The van der Waals surface area contributed by atoms with Crippen molar-refractivity contribution in [2.45, 2.75) is 61.5 Å². The highest BCUT2D eigenvalue weighted by Crippen LogP contribution is 2.37. The Balaban J connectivity index is 1.31. The zero-order valence-electron chi connectivity index (χ0n) is 17.1. The second kappa shape index (κ2) is 7.86. The molecule has 0 spiro atoms. The maximum atomic E-state index is 12.0. The Kier molecular flexibility index (Phi) is 5.40. The van der Waals surface area contributed by atoms with Crippen molar-refractivity contribution in [3.8, 4) is 0 Å². The van der Waals surface area contributed by atoms with E-state index in [1.165, 1.54) is 6.26 Å². The number of sulfone groups is 1. The summed E-state index contributed by atoms with van der Waals surface area (Å²) in [4.78, 5) is 21.0. The van der Waals surface area contributed by atoms with Crippen LogP contribution in [0.5, 0.6) is 0 Å². The van der Waals surface area contributed by atoms with Gasteiger partial charge in [-0.2, -0.15) is 0 Å². The van der Waals surface area contributed by atoms with Crippen molar-refractivity contribution < 1.29 is 17.9 Å². The number of hydrogen-bond acceptors (Lipinski definition) is 7. The van der Waals surface area contributed by atoms with Crippen LogP contribution in [-0.2, 0) is 14.6 Å². The molecule has 9 heteroatoms. The van der Waals surface area contributed by atoms with Crippen LogP contribution in [0.2, 0.25) is 0 Å². The minimum absolute atomic E-state index is 0.0725. The lowest BCUT2D eigenvalue weighted by molar-refractivity contribution is 0.0967. The molecule has 2 N–H and O–H groups in total. The molecule has 1 amide bonds. The van der Waals surface area contributed by atoms with Gasteiger partial charge in [0, 0.05) is 29.9 Å². The second-order valence-corrected chi connectivity index (χ2v) is 10.5. The normalized spacial score (nSPS) is 22.3. The molecule has 0 bridgehead atoms. The lowest BCUT2D eigenvalue weighted by Gasteiger charge is -2.16. The highest BCUT2D eigenvalue weighted by Gasteiger charge is 2.40. The Morgan fingerprint density at radius 1 is 1.13 bits per heavy atom. The molecule has 2 aliphatic rings. The first-order valence-corrected chi connectivity index (χ1v) is 12.0. The van der Waals surface area contributed by atoms with E-state index in [9.17, 15) is 13.2 Å². The molecule has 0 radical (unpaired) electrons. The maximum Gasteiger partial charge on any atom is 0.407 e. The summed E-state index contributed by atoms with van der Waals surface area (Å²) in [6, 6.07) is 6.45. The molecular formula is C21H26N4O4S. The van der Waals surface area contributed by atoms with Gasteiger partial charge in [-0.1, -0.05) is 0 Å². The standard InChI is InChI=1S/C21H26N4O4S/c1-21(9-10-21)25-20(26)29-17-6-3-14(11-17)15-12-22-19(23-13-15)24-16-4-7-18(8-5-16)30(2,27)28/h4-5,7-8,12-14,17H,3,6,9-11H2,1-2H3,(H,25,26)(H,22,23,24)/t14-,17+/m1/s1. The third kappa shape index (κ3) is 5.08. The number of anilines is 2. The topological polar surface area (TPSA) is 110 Å². The zero-order chi connectivity index (χ0) is 21.4. The molecule has 2 saturated carbocycles. The van der Waals surface area contributed by atoms with Crippen molar-refractivity contribution in [1.82, 2.24) is 15.3 Å². The predicted octanol–water partition coefficient (Wildman–Crippen LogP) is 3.54. The van der Waals surface area contributed by atoms with E-state index in [0.29, 0.717) is 11.6 Å². The Labute approximate surface area is 176 Å². The summed E-state index contributed by atoms with van der Waals surface area (Å²) in [5.41, 5.74) is 1.66. The van der Waals surface area contributed by atoms with Gasteiger partial charge in [0.1, 0.15) is 6.10 Å². The van der Waals surface area contributed by atoms with Gasteiger partial charge in [0.05, 0.1) is 4.90 Å². The van der Waals surface area contributed by atoms with E-state index < -0.39 is 9.84 Å². The minimum Gasteiger partial charge on any atom is -0.446 e. The predicted molar refractivity (Wildman–Crippen MR) is 113 cm³/mol. The van der Waals surface area contributed by atoms with Gasteiger partial charge in [-0.25, -0.2) is 23.2 Å². The van der Waals surface area contributed by atoms with Crippen LogP contribution in [0.1, 0.15) is 50.5 Å². The molecule has 1 aromatic carbocycles. The lowest BCUT2D eigenvalue weighted by Crippen LogP contribution is -2.36. The van der Waals surface area contributed by atoms with Crippen molar-refractivity contribution in [1.29, 1.82) is 0 Å². The molecule has 1 heterocycles. The van der Waals surface area contributed by atoms with Crippen LogP contribution in [0.4, 0.5) is 16.4 Å². The first-order valence-electron chi connectivity index (χ1n) is 10.1. The average molecular weight is 431 g/mol. The quantitative estimate of drug-likeness (QED) is 0.721. The van der Waals surface area contributed by atoms with Crippen LogP contribution >= 0.6 is 0 Å². The zero-order valence-corrected chi connectivity index (χ0v) is 17.9. The molecule has 2 aliphatic carbocycles. The molecule has 8 nitrogen and oxygen atoms in total.